The van der Waals surface area contributed by atoms with Gasteiger partial charge in [-0.25, -0.2) is 8.42 Å². The Balaban J connectivity index is 1.84. The minimum Gasteiger partial charge on any atom is -0.223 e. The average Bonchev–Trinajstić information content (AvgIpc) is 2.62. The zero-order chi connectivity index (χ0) is 18.6. The van der Waals surface area contributed by atoms with Gasteiger partial charge < -0.3 is 0 Å². The summed E-state index contributed by atoms with van der Waals surface area (Å²) in [5, 5.41) is 0.545. The van der Waals surface area contributed by atoms with Gasteiger partial charge in [-0.1, -0.05) is 59.6 Å². The van der Waals surface area contributed by atoms with Crippen molar-refractivity contribution in [3.63, 3.8) is 0 Å². The van der Waals surface area contributed by atoms with Gasteiger partial charge in [-0.3, -0.25) is 0 Å². The first-order chi connectivity index (χ1) is 12.4. The summed E-state index contributed by atoms with van der Waals surface area (Å²) in [7, 11) is -3.42. The smallest absolute Gasteiger partial charge is 0.182 e. The van der Waals surface area contributed by atoms with E-state index < -0.39 is 9.84 Å². The van der Waals surface area contributed by atoms with Crippen LogP contribution in [0.15, 0.2) is 82.6 Å². The van der Waals surface area contributed by atoms with E-state index in [1.807, 2.05) is 43.3 Å². The van der Waals surface area contributed by atoms with E-state index in [-0.39, 0.29) is 5.75 Å². The van der Waals surface area contributed by atoms with Crippen LogP contribution in [0.1, 0.15) is 16.7 Å². The maximum Gasteiger partial charge on any atom is 0.182 e. The molecule has 134 valence electrons. The number of thioether (sulfide) groups is 1. The zero-order valence-electron chi connectivity index (χ0n) is 14.4. The standard InChI is InChI=1S/C21H19ClO2S2/c1-16-7-10-20(11-8-16)26(23,24)15-18-13-19(22)9-12-21(18)25-14-17-5-3-2-4-6-17/h2-13H,14-15H2,1H3. The topological polar surface area (TPSA) is 34.1 Å². The number of rotatable bonds is 6. The lowest BCUT2D eigenvalue weighted by molar-refractivity contribution is 0.595. The van der Waals surface area contributed by atoms with Crippen molar-refractivity contribution < 1.29 is 8.42 Å². The quantitative estimate of drug-likeness (QED) is 0.480. The van der Waals surface area contributed by atoms with Crippen LogP contribution in [-0.4, -0.2) is 8.42 Å². The SMILES string of the molecule is Cc1ccc(S(=O)(=O)Cc2cc(Cl)ccc2SCc2ccccc2)cc1. The van der Waals surface area contributed by atoms with Crippen LogP contribution in [0.5, 0.6) is 0 Å². The van der Waals surface area contributed by atoms with E-state index in [0.29, 0.717) is 9.92 Å². The largest absolute Gasteiger partial charge is 0.223 e. The summed E-state index contributed by atoms with van der Waals surface area (Å²) in [6, 6.07) is 22.5. The minimum absolute atomic E-state index is 0.0618. The molecule has 0 bridgehead atoms. The van der Waals surface area contributed by atoms with Crippen LogP contribution in [0.3, 0.4) is 0 Å². The molecule has 0 amide bonds. The highest BCUT2D eigenvalue weighted by molar-refractivity contribution is 7.98. The third kappa shape index (κ3) is 4.91. The van der Waals surface area contributed by atoms with E-state index in [2.05, 4.69) is 12.1 Å². The Kier molecular flexibility index (Phi) is 6.07. The van der Waals surface area contributed by atoms with Gasteiger partial charge in [0.2, 0.25) is 0 Å². The zero-order valence-corrected chi connectivity index (χ0v) is 16.7. The number of halogens is 1. The van der Waals surface area contributed by atoms with Crippen LogP contribution < -0.4 is 0 Å². The molecule has 5 heteroatoms. The molecule has 3 aromatic carbocycles. The summed E-state index contributed by atoms with van der Waals surface area (Å²) in [5.41, 5.74) is 2.96. The fraction of sp³-hybridized carbons (Fsp3) is 0.143. The van der Waals surface area contributed by atoms with Crippen molar-refractivity contribution in [2.24, 2.45) is 0 Å². The Morgan fingerprint density at radius 2 is 1.62 bits per heavy atom. The van der Waals surface area contributed by atoms with Crippen LogP contribution in [0, 0.1) is 6.92 Å². The summed E-state index contributed by atoms with van der Waals surface area (Å²) in [6.45, 7) is 1.94. The van der Waals surface area contributed by atoms with Crippen molar-refractivity contribution in [1.82, 2.24) is 0 Å². The molecule has 0 aliphatic carbocycles. The molecule has 0 unspecified atom stereocenters. The van der Waals surface area contributed by atoms with Crippen molar-refractivity contribution in [2.45, 2.75) is 28.2 Å². The van der Waals surface area contributed by atoms with Gasteiger partial charge in [-0.2, -0.15) is 0 Å². The second-order valence-corrected chi connectivity index (χ2v) is 9.54. The molecule has 0 heterocycles. The van der Waals surface area contributed by atoms with Crippen LogP contribution in [0.4, 0.5) is 0 Å². The van der Waals surface area contributed by atoms with Crippen LogP contribution >= 0.6 is 23.4 Å². The fourth-order valence-electron chi connectivity index (χ4n) is 2.57. The van der Waals surface area contributed by atoms with Gasteiger partial charge in [0.05, 0.1) is 10.6 Å². The maximum atomic E-state index is 12.8. The summed E-state index contributed by atoms with van der Waals surface area (Å²) in [6.07, 6.45) is 0. The summed E-state index contributed by atoms with van der Waals surface area (Å²) in [4.78, 5) is 1.27. The molecule has 0 saturated carbocycles. The number of sulfone groups is 1. The fourth-order valence-corrected chi connectivity index (χ4v) is 5.22. The molecular weight excluding hydrogens is 384 g/mol. The van der Waals surface area contributed by atoms with E-state index in [1.54, 1.807) is 36.0 Å². The predicted molar refractivity (Wildman–Crippen MR) is 110 cm³/mol. The number of hydrogen-bond donors (Lipinski definition) is 0. The van der Waals surface area contributed by atoms with E-state index in [4.69, 9.17) is 11.6 Å². The van der Waals surface area contributed by atoms with Gasteiger partial charge in [0, 0.05) is 15.7 Å². The van der Waals surface area contributed by atoms with Gasteiger partial charge in [-0.15, -0.1) is 11.8 Å². The lowest BCUT2D eigenvalue weighted by Gasteiger charge is -2.11. The molecule has 0 fully saturated rings. The molecule has 0 aliphatic heterocycles. The maximum absolute atomic E-state index is 12.8. The van der Waals surface area contributed by atoms with Crippen LogP contribution in [0.25, 0.3) is 0 Å². The average molecular weight is 403 g/mol. The molecule has 2 nitrogen and oxygen atoms in total. The summed E-state index contributed by atoms with van der Waals surface area (Å²) in [5.74, 6) is 0.716. The highest BCUT2D eigenvalue weighted by atomic mass is 35.5. The normalized spacial score (nSPS) is 11.5. The first-order valence-electron chi connectivity index (χ1n) is 8.19. The lowest BCUT2D eigenvalue weighted by Crippen LogP contribution is -2.06. The first kappa shape index (κ1) is 19.0. The van der Waals surface area contributed by atoms with E-state index >= 15 is 0 Å². The lowest BCUT2D eigenvalue weighted by atomic mass is 10.2. The molecule has 0 aromatic heterocycles. The Hall–Kier alpha value is -1.75. The van der Waals surface area contributed by atoms with Crippen molar-refractivity contribution >= 4 is 33.2 Å². The van der Waals surface area contributed by atoms with E-state index in [9.17, 15) is 8.42 Å². The Bertz CT molecular complexity index is 982. The first-order valence-corrected chi connectivity index (χ1v) is 11.2. The van der Waals surface area contributed by atoms with Gasteiger partial charge in [0.25, 0.3) is 0 Å². The number of aryl methyl sites for hydroxylation is 1. The third-order valence-electron chi connectivity index (χ3n) is 3.99. The van der Waals surface area contributed by atoms with Crippen molar-refractivity contribution in [3.05, 3.63) is 94.5 Å². The Morgan fingerprint density at radius 1 is 0.923 bits per heavy atom. The molecule has 0 spiro atoms. The molecule has 0 saturated heterocycles. The van der Waals surface area contributed by atoms with Crippen LogP contribution in [0.2, 0.25) is 5.02 Å². The van der Waals surface area contributed by atoms with Gasteiger partial charge in [-0.05, 0) is 48.4 Å². The highest BCUT2D eigenvalue weighted by Gasteiger charge is 2.18. The second-order valence-electron chi connectivity index (χ2n) is 6.10. The molecule has 0 radical (unpaired) electrons. The molecule has 3 aromatic rings. The summed E-state index contributed by atoms with van der Waals surface area (Å²) >= 11 is 7.75. The van der Waals surface area contributed by atoms with Crippen molar-refractivity contribution in [2.75, 3.05) is 0 Å². The van der Waals surface area contributed by atoms with E-state index in [1.165, 1.54) is 5.56 Å². The van der Waals surface area contributed by atoms with Crippen molar-refractivity contribution in [1.29, 1.82) is 0 Å². The molecule has 0 atom stereocenters. The second kappa shape index (κ2) is 8.30. The highest BCUT2D eigenvalue weighted by Crippen LogP contribution is 2.31. The Labute approximate surface area is 164 Å². The minimum atomic E-state index is -3.42. The van der Waals surface area contributed by atoms with Crippen molar-refractivity contribution in [3.8, 4) is 0 Å². The van der Waals surface area contributed by atoms with Gasteiger partial charge >= 0.3 is 0 Å². The number of hydrogen-bond acceptors (Lipinski definition) is 3. The van der Waals surface area contributed by atoms with E-state index in [0.717, 1.165) is 21.8 Å². The molecule has 0 aliphatic rings. The third-order valence-corrected chi connectivity index (χ3v) is 7.09. The van der Waals surface area contributed by atoms with Gasteiger partial charge in [0.1, 0.15) is 0 Å². The monoisotopic (exact) mass is 402 g/mol. The molecule has 3 rings (SSSR count). The van der Waals surface area contributed by atoms with Gasteiger partial charge in [0.15, 0.2) is 9.84 Å². The molecule has 26 heavy (non-hydrogen) atoms. The predicted octanol–water partition coefficient (Wildman–Crippen LogP) is 5.91. The Morgan fingerprint density at radius 3 is 2.31 bits per heavy atom. The van der Waals surface area contributed by atoms with Crippen LogP contribution in [-0.2, 0) is 21.3 Å². The molecular formula is C21H19ClO2S2. The number of benzene rings is 3. The molecule has 0 N–H and O–H groups in total. The summed E-state index contributed by atoms with van der Waals surface area (Å²) < 4.78 is 25.6.